The zero-order valence-corrected chi connectivity index (χ0v) is 16.1. The van der Waals surface area contributed by atoms with E-state index in [-0.39, 0.29) is 12.8 Å². The van der Waals surface area contributed by atoms with Crippen molar-refractivity contribution in [3.8, 4) is 11.5 Å². The summed E-state index contributed by atoms with van der Waals surface area (Å²) in [6.45, 7) is 2.25. The predicted octanol–water partition coefficient (Wildman–Crippen LogP) is 2.76. The molecule has 0 spiro atoms. The van der Waals surface area contributed by atoms with E-state index in [1.165, 1.54) is 14.2 Å². The lowest BCUT2D eigenvalue weighted by Gasteiger charge is -2.52. The van der Waals surface area contributed by atoms with Crippen LogP contribution in [-0.4, -0.2) is 50.8 Å². The number of carbonyl (C=O) groups excluding carboxylic acids is 1. The Morgan fingerprint density at radius 2 is 1.68 bits per heavy atom. The fourth-order valence-corrected chi connectivity index (χ4v) is 4.04. The first-order valence-corrected chi connectivity index (χ1v) is 9.06. The lowest BCUT2D eigenvalue weighted by Crippen LogP contribution is -2.70. The fraction of sp³-hybridized carbons (Fsp3) is 0.632. The van der Waals surface area contributed by atoms with E-state index in [0.717, 1.165) is 5.56 Å². The Labute approximate surface area is 161 Å². The van der Waals surface area contributed by atoms with Crippen molar-refractivity contribution in [1.82, 2.24) is 5.32 Å². The summed E-state index contributed by atoms with van der Waals surface area (Å²) in [7, 11) is 3.02. The van der Waals surface area contributed by atoms with Crippen molar-refractivity contribution in [1.29, 1.82) is 0 Å². The van der Waals surface area contributed by atoms with E-state index < -0.39 is 23.4 Å². The van der Waals surface area contributed by atoms with E-state index in [0.29, 0.717) is 43.1 Å². The summed E-state index contributed by atoms with van der Waals surface area (Å²) in [4.78, 5) is 11.9. The van der Waals surface area contributed by atoms with Crippen LogP contribution in [0.25, 0.3) is 0 Å². The molecular formula is C19H24F3NO5. The molecule has 1 unspecified atom stereocenters. The summed E-state index contributed by atoms with van der Waals surface area (Å²) in [5.41, 5.74) is 0.111. The number of amides is 1. The summed E-state index contributed by atoms with van der Waals surface area (Å²) in [6, 6.07) is 3.46. The number of fused-ring (bicyclic) bond motifs is 1. The average molecular weight is 403 g/mol. The molecule has 1 aromatic rings. The van der Waals surface area contributed by atoms with Crippen LogP contribution in [0, 0.1) is 0 Å². The number of methoxy groups -OCH3 is 2. The second kappa shape index (κ2) is 7.44. The highest BCUT2D eigenvalue weighted by Crippen LogP contribution is 2.46. The molecule has 3 rings (SSSR count). The average Bonchev–Trinajstić information content (AvgIpc) is 2.66. The molecule has 1 aliphatic carbocycles. The number of hydrogen-bond acceptors (Lipinski definition) is 5. The van der Waals surface area contributed by atoms with Crippen molar-refractivity contribution in [3.63, 3.8) is 0 Å². The number of carbonyl (C=O) groups is 1. The normalized spacial score (nSPS) is 24.2. The van der Waals surface area contributed by atoms with Gasteiger partial charge in [0.05, 0.1) is 33.0 Å². The third kappa shape index (κ3) is 3.53. The van der Waals surface area contributed by atoms with Gasteiger partial charge >= 0.3 is 12.1 Å². The zero-order chi connectivity index (χ0) is 20.6. The smallest absolute Gasteiger partial charge is 0.471 e. The third-order valence-corrected chi connectivity index (χ3v) is 5.59. The van der Waals surface area contributed by atoms with Gasteiger partial charge in [0.25, 0.3) is 0 Å². The predicted molar refractivity (Wildman–Crippen MR) is 93.4 cm³/mol. The molecule has 0 bridgehead atoms. The van der Waals surface area contributed by atoms with Crippen LogP contribution in [0.3, 0.4) is 0 Å². The molecule has 6 nitrogen and oxygen atoms in total. The van der Waals surface area contributed by atoms with E-state index in [4.69, 9.17) is 18.9 Å². The number of rotatable bonds is 4. The molecule has 1 N–H and O–H groups in total. The topological polar surface area (TPSA) is 66.0 Å². The van der Waals surface area contributed by atoms with Gasteiger partial charge < -0.3 is 24.3 Å². The SMILES string of the molecule is COc1ccc(OC)c2c1CCC(NC(=O)C(F)(F)F)(C1(C)OCCCO1)C2. The molecule has 1 aliphatic heterocycles. The van der Waals surface area contributed by atoms with E-state index in [2.05, 4.69) is 5.32 Å². The number of hydrogen-bond donors (Lipinski definition) is 1. The molecule has 1 amide bonds. The summed E-state index contributed by atoms with van der Waals surface area (Å²) >= 11 is 0. The third-order valence-electron chi connectivity index (χ3n) is 5.59. The molecule has 0 aromatic heterocycles. The maximum Gasteiger partial charge on any atom is 0.471 e. The summed E-state index contributed by atoms with van der Waals surface area (Å²) in [6.07, 6.45) is -3.76. The first-order chi connectivity index (χ1) is 13.2. The van der Waals surface area contributed by atoms with Gasteiger partial charge in [-0.25, -0.2) is 0 Å². The van der Waals surface area contributed by atoms with Crippen molar-refractivity contribution in [3.05, 3.63) is 23.3 Å². The van der Waals surface area contributed by atoms with E-state index in [1.807, 2.05) is 0 Å². The minimum atomic E-state index is -5.02. The van der Waals surface area contributed by atoms with Gasteiger partial charge in [0.15, 0.2) is 5.79 Å². The standard InChI is InChI=1S/C19H24F3NO5/c1-17(27-9-4-10-28-17)18(23-16(24)19(20,21)22)8-7-12-13(11-18)15(26-3)6-5-14(12)25-2/h5-6H,4,7-11H2,1-3H3,(H,23,24). The van der Waals surface area contributed by atoms with Crippen LogP contribution in [0.4, 0.5) is 13.2 Å². The van der Waals surface area contributed by atoms with Gasteiger partial charge in [-0.15, -0.1) is 0 Å². The molecule has 28 heavy (non-hydrogen) atoms. The molecule has 2 aliphatic rings. The maximum absolute atomic E-state index is 13.1. The molecule has 156 valence electrons. The second-order valence-electron chi connectivity index (χ2n) is 7.13. The van der Waals surface area contributed by atoms with Gasteiger partial charge in [-0.1, -0.05) is 0 Å². The minimum absolute atomic E-state index is 0.0566. The Morgan fingerprint density at radius 3 is 2.21 bits per heavy atom. The Hall–Kier alpha value is -2.00. The van der Waals surface area contributed by atoms with Crippen LogP contribution in [0.5, 0.6) is 11.5 Å². The Morgan fingerprint density at radius 1 is 1.11 bits per heavy atom. The van der Waals surface area contributed by atoms with Gasteiger partial charge in [0.2, 0.25) is 0 Å². The summed E-state index contributed by atoms with van der Waals surface area (Å²) < 4.78 is 61.7. The van der Waals surface area contributed by atoms with Crippen LogP contribution in [0.1, 0.15) is 30.9 Å². The van der Waals surface area contributed by atoms with E-state index >= 15 is 0 Å². The number of benzene rings is 1. The van der Waals surface area contributed by atoms with Crippen molar-refractivity contribution in [2.24, 2.45) is 0 Å². The Kier molecular flexibility index (Phi) is 5.51. The highest BCUT2D eigenvalue weighted by Gasteiger charge is 2.57. The molecule has 0 saturated carbocycles. The van der Waals surface area contributed by atoms with Crippen molar-refractivity contribution < 1.29 is 36.9 Å². The maximum atomic E-state index is 13.1. The monoisotopic (exact) mass is 403 g/mol. The molecule has 1 aromatic carbocycles. The number of nitrogens with one attached hydrogen (secondary N) is 1. The highest BCUT2D eigenvalue weighted by molar-refractivity contribution is 5.82. The van der Waals surface area contributed by atoms with Gasteiger partial charge in [0.1, 0.15) is 11.5 Å². The fourth-order valence-electron chi connectivity index (χ4n) is 4.04. The largest absolute Gasteiger partial charge is 0.496 e. The minimum Gasteiger partial charge on any atom is -0.496 e. The van der Waals surface area contributed by atoms with E-state index in [9.17, 15) is 18.0 Å². The van der Waals surface area contributed by atoms with Gasteiger partial charge in [0, 0.05) is 17.5 Å². The van der Waals surface area contributed by atoms with Gasteiger partial charge in [-0.05, 0) is 38.3 Å². The number of ether oxygens (including phenoxy) is 4. The number of halogens is 3. The van der Waals surface area contributed by atoms with Crippen LogP contribution in [0.2, 0.25) is 0 Å². The quantitative estimate of drug-likeness (QED) is 0.838. The van der Waals surface area contributed by atoms with Crippen LogP contribution in [0.15, 0.2) is 12.1 Å². The molecule has 1 heterocycles. The van der Waals surface area contributed by atoms with Gasteiger partial charge in [-0.3, -0.25) is 4.79 Å². The highest BCUT2D eigenvalue weighted by atomic mass is 19.4. The van der Waals surface area contributed by atoms with E-state index in [1.54, 1.807) is 19.1 Å². The van der Waals surface area contributed by atoms with Crippen LogP contribution < -0.4 is 14.8 Å². The molecule has 9 heteroatoms. The number of alkyl halides is 3. The molecule has 1 fully saturated rings. The molecule has 1 atom stereocenters. The first kappa shape index (κ1) is 20.7. The molecule has 0 radical (unpaired) electrons. The zero-order valence-electron chi connectivity index (χ0n) is 16.1. The van der Waals surface area contributed by atoms with Crippen LogP contribution in [-0.2, 0) is 27.1 Å². The lowest BCUT2D eigenvalue weighted by atomic mass is 9.72. The Bertz CT molecular complexity index is 746. The van der Waals surface area contributed by atoms with Crippen molar-refractivity contribution >= 4 is 5.91 Å². The first-order valence-electron chi connectivity index (χ1n) is 9.06. The summed E-state index contributed by atoms with van der Waals surface area (Å²) in [5.74, 6) is -2.28. The van der Waals surface area contributed by atoms with Gasteiger partial charge in [-0.2, -0.15) is 13.2 Å². The Balaban J connectivity index is 2.08. The summed E-state index contributed by atoms with van der Waals surface area (Å²) in [5, 5.41) is 2.20. The molecule has 1 saturated heterocycles. The van der Waals surface area contributed by atoms with Crippen LogP contribution >= 0.6 is 0 Å². The lowest BCUT2D eigenvalue weighted by molar-refractivity contribution is -0.298. The van der Waals surface area contributed by atoms with Crippen molar-refractivity contribution in [2.45, 2.75) is 50.1 Å². The van der Waals surface area contributed by atoms with Crippen molar-refractivity contribution in [2.75, 3.05) is 27.4 Å². The second-order valence-corrected chi connectivity index (χ2v) is 7.13. The molecular weight excluding hydrogens is 379 g/mol.